The molecular weight excluding hydrogens is 332 g/mol. The summed E-state index contributed by atoms with van der Waals surface area (Å²) < 4.78 is 0. The molecule has 1 aromatic heterocycles. The quantitative estimate of drug-likeness (QED) is 0.615. The molecule has 0 saturated heterocycles. The molecule has 1 heterocycles. The highest BCUT2D eigenvalue weighted by atomic mass is 15.3. The molecule has 3 rings (SSSR count). The minimum atomic E-state index is 0.176. The van der Waals surface area contributed by atoms with Crippen molar-refractivity contribution in [3.05, 3.63) is 83.6 Å². The molecule has 0 radical (unpaired) electrons. The van der Waals surface area contributed by atoms with E-state index in [4.69, 9.17) is 9.97 Å². The highest BCUT2D eigenvalue weighted by Gasteiger charge is 2.16. The SMILES string of the molecule is Cc1cc(NC(C)c2ccccc2)nc(N(Cc2ccccc2)C(C)C)n1. The smallest absolute Gasteiger partial charge is 0.228 e. The highest BCUT2D eigenvalue weighted by molar-refractivity contribution is 5.46. The lowest BCUT2D eigenvalue weighted by atomic mass is 10.1. The molecular formula is C23H28N4. The van der Waals surface area contributed by atoms with Gasteiger partial charge in [0.2, 0.25) is 5.95 Å². The van der Waals surface area contributed by atoms with Gasteiger partial charge in [0.05, 0.1) is 0 Å². The van der Waals surface area contributed by atoms with E-state index in [1.165, 1.54) is 11.1 Å². The molecule has 1 unspecified atom stereocenters. The third-order valence-electron chi connectivity index (χ3n) is 4.58. The van der Waals surface area contributed by atoms with Crippen molar-refractivity contribution in [1.29, 1.82) is 0 Å². The van der Waals surface area contributed by atoms with E-state index in [1.54, 1.807) is 0 Å². The van der Waals surface area contributed by atoms with Gasteiger partial charge in [0.25, 0.3) is 0 Å². The second-order valence-electron chi connectivity index (χ2n) is 7.18. The maximum absolute atomic E-state index is 4.82. The largest absolute Gasteiger partial charge is 0.363 e. The monoisotopic (exact) mass is 360 g/mol. The Bertz CT molecular complexity index is 847. The van der Waals surface area contributed by atoms with Gasteiger partial charge in [0.15, 0.2) is 0 Å². The van der Waals surface area contributed by atoms with Gasteiger partial charge in [-0.3, -0.25) is 0 Å². The molecule has 1 atom stereocenters. The Labute approximate surface area is 162 Å². The highest BCUT2D eigenvalue weighted by Crippen LogP contribution is 2.22. The van der Waals surface area contributed by atoms with Crippen molar-refractivity contribution in [3.63, 3.8) is 0 Å². The van der Waals surface area contributed by atoms with Crippen LogP contribution in [0.5, 0.6) is 0 Å². The van der Waals surface area contributed by atoms with Crippen LogP contribution in [0.15, 0.2) is 66.7 Å². The molecule has 4 heteroatoms. The van der Waals surface area contributed by atoms with Crippen LogP contribution in [0.4, 0.5) is 11.8 Å². The Morgan fingerprint density at radius 2 is 1.52 bits per heavy atom. The number of aromatic nitrogens is 2. The summed E-state index contributed by atoms with van der Waals surface area (Å²) in [6, 6.07) is 23.3. The zero-order valence-electron chi connectivity index (χ0n) is 16.6. The number of hydrogen-bond acceptors (Lipinski definition) is 4. The first-order valence-corrected chi connectivity index (χ1v) is 9.50. The summed E-state index contributed by atoms with van der Waals surface area (Å²) in [5.74, 6) is 1.61. The molecule has 0 aliphatic carbocycles. The van der Waals surface area contributed by atoms with Gasteiger partial charge in [-0.05, 0) is 38.8 Å². The maximum Gasteiger partial charge on any atom is 0.228 e. The molecule has 0 aliphatic heterocycles. The van der Waals surface area contributed by atoms with Crippen molar-refractivity contribution in [2.45, 2.75) is 46.3 Å². The maximum atomic E-state index is 4.82. The molecule has 3 aromatic rings. The van der Waals surface area contributed by atoms with Crippen molar-refractivity contribution in [1.82, 2.24) is 9.97 Å². The number of anilines is 2. The topological polar surface area (TPSA) is 41.1 Å². The number of benzene rings is 2. The van der Waals surface area contributed by atoms with Gasteiger partial charge in [-0.15, -0.1) is 0 Å². The van der Waals surface area contributed by atoms with Gasteiger partial charge >= 0.3 is 0 Å². The summed E-state index contributed by atoms with van der Waals surface area (Å²) in [5, 5.41) is 3.52. The third kappa shape index (κ3) is 5.07. The van der Waals surface area contributed by atoms with Crippen molar-refractivity contribution in [3.8, 4) is 0 Å². The van der Waals surface area contributed by atoms with E-state index in [-0.39, 0.29) is 6.04 Å². The summed E-state index contributed by atoms with van der Waals surface area (Å²) in [7, 11) is 0. The second-order valence-corrected chi connectivity index (χ2v) is 7.18. The minimum absolute atomic E-state index is 0.176. The van der Waals surface area contributed by atoms with Crippen LogP contribution >= 0.6 is 0 Å². The lowest BCUT2D eigenvalue weighted by Crippen LogP contribution is -2.32. The van der Waals surface area contributed by atoms with Crippen LogP contribution in [0, 0.1) is 6.92 Å². The van der Waals surface area contributed by atoms with Gasteiger partial charge < -0.3 is 10.2 Å². The average molecular weight is 361 g/mol. The van der Waals surface area contributed by atoms with Crippen LogP contribution in [0.2, 0.25) is 0 Å². The first-order chi connectivity index (χ1) is 13.0. The predicted molar refractivity (Wildman–Crippen MR) is 113 cm³/mol. The van der Waals surface area contributed by atoms with Crippen LogP contribution < -0.4 is 10.2 Å². The van der Waals surface area contributed by atoms with Crippen molar-refractivity contribution in [2.75, 3.05) is 10.2 Å². The number of nitrogens with zero attached hydrogens (tertiary/aromatic N) is 3. The Morgan fingerprint density at radius 3 is 2.15 bits per heavy atom. The summed E-state index contributed by atoms with van der Waals surface area (Å²) >= 11 is 0. The Morgan fingerprint density at radius 1 is 0.889 bits per heavy atom. The first-order valence-electron chi connectivity index (χ1n) is 9.50. The van der Waals surface area contributed by atoms with Gasteiger partial charge in [-0.2, -0.15) is 4.98 Å². The van der Waals surface area contributed by atoms with E-state index in [9.17, 15) is 0 Å². The minimum Gasteiger partial charge on any atom is -0.363 e. The molecule has 27 heavy (non-hydrogen) atoms. The standard InChI is InChI=1S/C23H28N4/c1-17(2)27(16-20-11-7-5-8-12-20)23-24-18(3)15-22(26-23)25-19(4)21-13-9-6-10-14-21/h5-15,17,19H,16H2,1-4H3,(H,24,25,26). The van der Waals surface area contributed by atoms with Crippen molar-refractivity contribution in [2.24, 2.45) is 0 Å². The molecule has 0 saturated carbocycles. The molecule has 0 aliphatic rings. The van der Waals surface area contributed by atoms with Gasteiger partial charge in [0, 0.05) is 30.4 Å². The average Bonchev–Trinajstić information content (AvgIpc) is 2.67. The predicted octanol–water partition coefficient (Wildman–Crippen LogP) is 5.37. The second kappa shape index (κ2) is 8.67. The van der Waals surface area contributed by atoms with Crippen LogP contribution in [-0.2, 0) is 6.54 Å². The Hall–Kier alpha value is -2.88. The zero-order valence-corrected chi connectivity index (χ0v) is 16.6. The van der Waals surface area contributed by atoms with Crippen LogP contribution in [-0.4, -0.2) is 16.0 Å². The Kier molecular flexibility index (Phi) is 6.07. The van der Waals surface area contributed by atoms with Gasteiger partial charge in [-0.25, -0.2) is 4.98 Å². The van der Waals surface area contributed by atoms with Crippen molar-refractivity contribution < 1.29 is 0 Å². The fourth-order valence-corrected chi connectivity index (χ4v) is 3.07. The Balaban J connectivity index is 1.84. The molecule has 2 aromatic carbocycles. The number of nitrogens with one attached hydrogen (secondary N) is 1. The third-order valence-corrected chi connectivity index (χ3v) is 4.58. The lowest BCUT2D eigenvalue weighted by Gasteiger charge is -2.28. The fourth-order valence-electron chi connectivity index (χ4n) is 3.07. The molecule has 0 amide bonds. The number of aryl methyl sites for hydroxylation is 1. The summed E-state index contributed by atoms with van der Waals surface area (Å²) in [4.78, 5) is 11.8. The van der Waals surface area contributed by atoms with Crippen LogP contribution in [0.25, 0.3) is 0 Å². The van der Waals surface area contributed by atoms with E-state index in [2.05, 4.69) is 79.5 Å². The van der Waals surface area contributed by atoms with E-state index >= 15 is 0 Å². The first kappa shape index (κ1) is 18.9. The van der Waals surface area contributed by atoms with Crippen LogP contribution in [0.3, 0.4) is 0 Å². The van der Waals surface area contributed by atoms with E-state index in [1.807, 2.05) is 25.1 Å². The lowest BCUT2D eigenvalue weighted by molar-refractivity contribution is 0.659. The summed E-state index contributed by atoms with van der Waals surface area (Å²) in [6.45, 7) is 9.31. The van der Waals surface area contributed by atoms with E-state index < -0.39 is 0 Å². The molecule has 0 spiro atoms. The van der Waals surface area contributed by atoms with E-state index in [0.29, 0.717) is 6.04 Å². The molecule has 0 bridgehead atoms. The molecule has 140 valence electrons. The number of hydrogen-bond donors (Lipinski definition) is 1. The van der Waals surface area contributed by atoms with Gasteiger partial charge in [-0.1, -0.05) is 60.7 Å². The summed E-state index contributed by atoms with van der Waals surface area (Å²) in [5.41, 5.74) is 3.45. The normalized spacial score (nSPS) is 12.0. The summed E-state index contributed by atoms with van der Waals surface area (Å²) in [6.07, 6.45) is 0. The molecule has 0 fully saturated rings. The molecule has 4 nitrogen and oxygen atoms in total. The molecule has 1 N–H and O–H groups in total. The van der Waals surface area contributed by atoms with Crippen LogP contribution in [0.1, 0.15) is 43.6 Å². The van der Waals surface area contributed by atoms with Crippen molar-refractivity contribution >= 4 is 11.8 Å². The van der Waals surface area contributed by atoms with Gasteiger partial charge in [0.1, 0.15) is 5.82 Å². The number of rotatable bonds is 7. The zero-order chi connectivity index (χ0) is 19.2. The van der Waals surface area contributed by atoms with E-state index in [0.717, 1.165) is 24.0 Å². The fraction of sp³-hybridized carbons (Fsp3) is 0.304.